The molecule has 0 fully saturated rings. The predicted octanol–water partition coefficient (Wildman–Crippen LogP) is 2.96. The van der Waals surface area contributed by atoms with Crippen molar-refractivity contribution in [3.8, 4) is 0 Å². The molecule has 1 atom stereocenters. The third kappa shape index (κ3) is 4.84. The van der Waals surface area contributed by atoms with E-state index >= 15 is 0 Å². The fourth-order valence-electron chi connectivity index (χ4n) is 1.47. The zero-order valence-corrected chi connectivity index (χ0v) is 14.8. The Bertz CT molecular complexity index is 528. The van der Waals surface area contributed by atoms with Gasteiger partial charge in [0.2, 0.25) is 10.0 Å². The first kappa shape index (κ1) is 17.6. The first-order chi connectivity index (χ1) is 9.04. The van der Waals surface area contributed by atoms with E-state index in [2.05, 4.69) is 10.0 Å². The lowest BCUT2D eigenvalue weighted by Crippen LogP contribution is -2.41. The van der Waals surface area contributed by atoms with Crippen LogP contribution in [0.5, 0.6) is 0 Å². The van der Waals surface area contributed by atoms with Crippen molar-refractivity contribution in [2.45, 2.75) is 65.1 Å². The summed E-state index contributed by atoms with van der Waals surface area (Å²) in [5.74, 6) is 0. The van der Waals surface area contributed by atoms with Gasteiger partial charge in [-0.05, 0) is 23.8 Å². The van der Waals surface area contributed by atoms with Crippen LogP contribution in [0.15, 0.2) is 16.3 Å². The molecule has 116 valence electrons. The largest absolute Gasteiger partial charge is 0.310 e. The third-order valence-corrected chi connectivity index (χ3v) is 5.97. The normalized spacial score (nSPS) is 14.8. The molecule has 0 aliphatic carbocycles. The highest BCUT2D eigenvalue weighted by atomic mass is 32.2. The van der Waals surface area contributed by atoms with Gasteiger partial charge in [0.25, 0.3) is 0 Å². The second kappa shape index (κ2) is 6.56. The molecular formula is C14H26N2O2S2. The van der Waals surface area contributed by atoms with Crippen LogP contribution >= 0.6 is 11.3 Å². The van der Waals surface area contributed by atoms with E-state index in [1.54, 1.807) is 6.07 Å². The van der Waals surface area contributed by atoms with E-state index < -0.39 is 10.0 Å². The molecule has 0 bridgehead atoms. The topological polar surface area (TPSA) is 58.2 Å². The minimum Gasteiger partial charge on any atom is -0.310 e. The van der Waals surface area contributed by atoms with Crippen molar-refractivity contribution >= 4 is 21.4 Å². The average Bonchev–Trinajstić information content (AvgIpc) is 2.73. The number of sulfonamides is 1. The number of hydrogen-bond donors (Lipinski definition) is 2. The molecule has 1 unspecified atom stereocenters. The van der Waals surface area contributed by atoms with Crippen LogP contribution < -0.4 is 10.0 Å². The summed E-state index contributed by atoms with van der Waals surface area (Å²) in [6.07, 6.45) is 0. The Morgan fingerprint density at radius 3 is 2.35 bits per heavy atom. The highest BCUT2D eigenvalue weighted by molar-refractivity contribution is 7.89. The Morgan fingerprint density at radius 1 is 1.25 bits per heavy atom. The highest BCUT2D eigenvalue weighted by Crippen LogP contribution is 2.25. The molecule has 6 heteroatoms. The first-order valence-corrected chi connectivity index (χ1v) is 9.22. The van der Waals surface area contributed by atoms with Crippen LogP contribution in [0.4, 0.5) is 0 Å². The molecule has 0 aliphatic heterocycles. The van der Waals surface area contributed by atoms with Gasteiger partial charge < -0.3 is 5.32 Å². The highest BCUT2D eigenvalue weighted by Gasteiger charge is 2.27. The molecule has 1 heterocycles. The average molecular weight is 319 g/mol. The van der Waals surface area contributed by atoms with Crippen molar-refractivity contribution in [2.24, 2.45) is 5.41 Å². The molecule has 1 rings (SSSR count). The Morgan fingerprint density at radius 2 is 1.85 bits per heavy atom. The predicted molar refractivity (Wildman–Crippen MR) is 85.5 cm³/mol. The summed E-state index contributed by atoms with van der Waals surface area (Å²) in [5.41, 5.74) is -0.112. The second-order valence-corrected chi connectivity index (χ2v) is 9.14. The Hall–Kier alpha value is -0.430. The summed E-state index contributed by atoms with van der Waals surface area (Å²) in [7, 11) is -3.46. The first-order valence-electron chi connectivity index (χ1n) is 6.86. The molecule has 0 amide bonds. The zero-order chi connectivity index (χ0) is 15.6. The van der Waals surface area contributed by atoms with Crippen molar-refractivity contribution in [2.75, 3.05) is 0 Å². The maximum atomic E-state index is 12.5. The van der Waals surface area contributed by atoms with Gasteiger partial charge in [0, 0.05) is 23.5 Å². The summed E-state index contributed by atoms with van der Waals surface area (Å²) in [6.45, 7) is 12.6. The quantitative estimate of drug-likeness (QED) is 0.848. The van der Waals surface area contributed by atoms with Crippen LogP contribution in [0.1, 0.15) is 46.4 Å². The molecule has 0 aliphatic rings. The molecule has 0 spiro atoms. The van der Waals surface area contributed by atoms with Gasteiger partial charge in [-0.2, -0.15) is 0 Å². The van der Waals surface area contributed by atoms with Crippen molar-refractivity contribution < 1.29 is 8.42 Å². The van der Waals surface area contributed by atoms with Crippen LogP contribution in [0.2, 0.25) is 0 Å². The minimum atomic E-state index is -3.46. The van der Waals surface area contributed by atoms with Gasteiger partial charge in [-0.25, -0.2) is 13.1 Å². The van der Waals surface area contributed by atoms with Crippen molar-refractivity contribution in [3.05, 3.63) is 16.3 Å². The molecule has 20 heavy (non-hydrogen) atoms. The van der Waals surface area contributed by atoms with E-state index in [1.165, 1.54) is 11.3 Å². The van der Waals surface area contributed by atoms with E-state index in [0.29, 0.717) is 17.5 Å². The van der Waals surface area contributed by atoms with Crippen LogP contribution in [0, 0.1) is 5.41 Å². The van der Waals surface area contributed by atoms with Gasteiger partial charge in [0.1, 0.15) is 0 Å². The Kier molecular flexibility index (Phi) is 5.78. The molecule has 0 saturated heterocycles. The summed E-state index contributed by atoms with van der Waals surface area (Å²) in [6, 6.07) is 1.88. The Labute approximate surface area is 127 Å². The second-order valence-electron chi connectivity index (χ2n) is 6.45. The maximum Gasteiger partial charge on any atom is 0.241 e. The van der Waals surface area contributed by atoms with Gasteiger partial charge in [-0.1, -0.05) is 34.6 Å². The lowest BCUT2D eigenvalue weighted by molar-refractivity contribution is 0.317. The number of thiophene rings is 1. The van der Waals surface area contributed by atoms with Gasteiger partial charge in [-0.3, -0.25) is 0 Å². The van der Waals surface area contributed by atoms with E-state index in [4.69, 9.17) is 0 Å². The van der Waals surface area contributed by atoms with Crippen molar-refractivity contribution in [1.29, 1.82) is 0 Å². The van der Waals surface area contributed by atoms with Gasteiger partial charge in [-0.15, -0.1) is 11.3 Å². The van der Waals surface area contributed by atoms with Crippen LogP contribution in [-0.2, 0) is 16.6 Å². The molecule has 1 aromatic heterocycles. The fourth-order valence-corrected chi connectivity index (χ4v) is 4.31. The molecule has 1 aromatic rings. The molecular weight excluding hydrogens is 292 g/mol. The van der Waals surface area contributed by atoms with Crippen LogP contribution in [0.25, 0.3) is 0 Å². The number of hydrogen-bond acceptors (Lipinski definition) is 4. The van der Waals surface area contributed by atoms with Crippen LogP contribution in [0.3, 0.4) is 0 Å². The smallest absolute Gasteiger partial charge is 0.241 e. The third-order valence-electron chi connectivity index (χ3n) is 3.30. The summed E-state index contributed by atoms with van der Waals surface area (Å²) >= 11 is 1.47. The number of rotatable bonds is 6. The zero-order valence-electron chi connectivity index (χ0n) is 13.1. The van der Waals surface area contributed by atoms with E-state index in [1.807, 2.05) is 46.9 Å². The molecule has 0 radical (unpaired) electrons. The Balaban J connectivity index is 2.91. The standard InChI is InChI=1S/C14H26N2O2S2/c1-10(2)15-9-12-13(7-8-19-12)20(17,18)16-11(3)14(4,5)6/h7-8,10-11,15-16H,9H2,1-6H3. The molecule has 0 saturated carbocycles. The maximum absolute atomic E-state index is 12.5. The summed E-state index contributed by atoms with van der Waals surface area (Å²) < 4.78 is 27.7. The monoisotopic (exact) mass is 318 g/mol. The number of nitrogens with one attached hydrogen (secondary N) is 2. The van der Waals surface area contributed by atoms with E-state index in [0.717, 1.165) is 4.88 Å². The minimum absolute atomic E-state index is 0.112. The lowest BCUT2D eigenvalue weighted by Gasteiger charge is -2.27. The molecule has 2 N–H and O–H groups in total. The SMILES string of the molecule is CC(C)NCc1sccc1S(=O)(=O)NC(C)C(C)(C)C. The molecule has 4 nitrogen and oxygen atoms in total. The van der Waals surface area contributed by atoms with Gasteiger partial charge in [0.05, 0.1) is 4.90 Å². The van der Waals surface area contributed by atoms with Gasteiger partial charge in [0.15, 0.2) is 0 Å². The lowest BCUT2D eigenvalue weighted by atomic mass is 9.89. The van der Waals surface area contributed by atoms with E-state index in [-0.39, 0.29) is 11.5 Å². The molecule has 0 aromatic carbocycles. The summed E-state index contributed by atoms with van der Waals surface area (Å²) in [5, 5.41) is 5.09. The van der Waals surface area contributed by atoms with Crippen LogP contribution in [-0.4, -0.2) is 20.5 Å². The fraction of sp³-hybridized carbons (Fsp3) is 0.714. The van der Waals surface area contributed by atoms with E-state index in [9.17, 15) is 8.42 Å². The van der Waals surface area contributed by atoms with Gasteiger partial charge >= 0.3 is 0 Å². The van der Waals surface area contributed by atoms with Crippen molar-refractivity contribution in [1.82, 2.24) is 10.0 Å². The summed E-state index contributed by atoms with van der Waals surface area (Å²) in [4.78, 5) is 1.25. The van der Waals surface area contributed by atoms with Crippen molar-refractivity contribution in [3.63, 3.8) is 0 Å².